The second kappa shape index (κ2) is 9.82. The van der Waals surface area contributed by atoms with Gasteiger partial charge in [0.25, 0.3) is 0 Å². The van der Waals surface area contributed by atoms with E-state index in [2.05, 4.69) is 0 Å². The largest absolute Gasteiger partial charge is 0.379 e. The van der Waals surface area contributed by atoms with Gasteiger partial charge in [-0.15, -0.1) is 0 Å². The highest BCUT2D eigenvalue weighted by molar-refractivity contribution is 7.89. The summed E-state index contributed by atoms with van der Waals surface area (Å²) in [6.45, 7) is 6.29. The molecule has 0 fully saturated rings. The van der Waals surface area contributed by atoms with Crippen molar-refractivity contribution in [2.24, 2.45) is 11.1 Å². The number of hydrogen-bond acceptors (Lipinski definition) is 4. The van der Waals surface area contributed by atoms with Crippen molar-refractivity contribution < 1.29 is 17.9 Å². The van der Waals surface area contributed by atoms with E-state index < -0.39 is 10.0 Å². The number of nitrogens with two attached hydrogens (primary N) is 1. The van der Waals surface area contributed by atoms with Gasteiger partial charge in [-0.3, -0.25) is 0 Å². The van der Waals surface area contributed by atoms with E-state index in [-0.39, 0.29) is 11.7 Å². The quantitative estimate of drug-likeness (QED) is 0.569. The van der Waals surface area contributed by atoms with E-state index in [4.69, 9.17) is 14.6 Å². The van der Waals surface area contributed by atoms with Crippen LogP contribution >= 0.6 is 0 Å². The lowest BCUT2D eigenvalue weighted by molar-refractivity contribution is 0.0351. The Labute approximate surface area is 105 Å². The van der Waals surface area contributed by atoms with Crippen molar-refractivity contribution in [2.45, 2.75) is 33.1 Å². The van der Waals surface area contributed by atoms with E-state index in [1.807, 2.05) is 13.8 Å². The lowest BCUT2D eigenvalue weighted by atomic mass is 10.1. The van der Waals surface area contributed by atoms with Crippen molar-refractivity contribution >= 4 is 10.0 Å². The molecule has 0 aliphatic heterocycles. The molecule has 0 aromatic heterocycles. The van der Waals surface area contributed by atoms with Crippen LogP contribution in [0.5, 0.6) is 0 Å². The van der Waals surface area contributed by atoms with Crippen molar-refractivity contribution in [3.8, 4) is 0 Å². The second-order valence-electron chi connectivity index (χ2n) is 4.17. The zero-order valence-electron chi connectivity index (χ0n) is 10.9. The van der Waals surface area contributed by atoms with Crippen LogP contribution in [-0.4, -0.2) is 40.6 Å². The maximum atomic E-state index is 11.0. The fraction of sp³-hybridized carbons (Fsp3) is 1.00. The summed E-state index contributed by atoms with van der Waals surface area (Å²) >= 11 is 0. The van der Waals surface area contributed by atoms with Crippen LogP contribution < -0.4 is 5.14 Å². The van der Waals surface area contributed by atoms with Crippen molar-refractivity contribution in [2.75, 3.05) is 32.2 Å². The Morgan fingerprint density at radius 2 is 1.71 bits per heavy atom. The monoisotopic (exact) mass is 267 g/mol. The maximum Gasteiger partial charge on any atom is 0.209 e. The molecule has 1 atom stereocenters. The smallest absolute Gasteiger partial charge is 0.209 e. The van der Waals surface area contributed by atoms with Gasteiger partial charge in [0.15, 0.2) is 0 Å². The summed E-state index contributed by atoms with van der Waals surface area (Å²) in [5.74, 6) is -0.0161. The van der Waals surface area contributed by atoms with Crippen molar-refractivity contribution in [3.63, 3.8) is 0 Å². The third-order valence-electron chi connectivity index (χ3n) is 2.24. The molecule has 104 valence electrons. The van der Waals surface area contributed by atoms with E-state index in [1.165, 1.54) is 0 Å². The van der Waals surface area contributed by atoms with Gasteiger partial charge < -0.3 is 9.47 Å². The molecule has 0 radical (unpaired) electrons. The van der Waals surface area contributed by atoms with Crippen LogP contribution in [0.3, 0.4) is 0 Å². The van der Waals surface area contributed by atoms with E-state index in [9.17, 15) is 8.42 Å². The van der Waals surface area contributed by atoms with Crippen LogP contribution in [0.1, 0.15) is 33.1 Å². The number of ether oxygens (including phenoxy) is 2. The Morgan fingerprint density at radius 3 is 2.24 bits per heavy atom. The molecule has 0 rings (SSSR count). The minimum Gasteiger partial charge on any atom is -0.379 e. The van der Waals surface area contributed by atoms with Crippen LogP contribution in [0.25, 0.3) is 0 Å². The molecular formula is C11H25NO4S. The first-order valence-corrected chi connectivity index (χ1v) is 7.87. The molecule has 6 heteroatoms. The van der Waals surface area contributed by atoms with E-state index >= 15 is 0 Å². The lowest BCUT2D eigenvalue weighted by Crippen LogP contribution is -2.26. The van der Waals surface area contributed by atoms with Gasteiger partial charge in [-0.05, 0) is 18.8 Å². The molecule has 0 bridgehead atoms. The summed E-state index contributed by atoms with van der Waals surface area (Å²) < 4.78 is 32.6. The molecule has 0 amide bonds. The SMILES string of the molecule is CCCOCCOCC(CCC)CS(N)(=O)=O. The Kier molecular flexibility index (Phi) is 9.72. The fourth-order valence-electron chi connectivity index (χ4n) is 1.57. The normalized spacial score (nSPS) is 13.8. The van der Waals surface area contributed by atoms with Gasteiger partial charge in [-0.2, -0.15) is 0 Å². The summed E-state index contributed by atoms with van der Waals surface area (Å²) in [7, 11) is -3.41. The van der Waals surface area contributed by atoms with Gasteiger partial charge >= 0.3 is 0 Å². The molecule has 0 heterocycles. The van der Waals surface area contributed by atoms with Gasteiger partial charge in [0.1, 0.15) is 0 Å². The molecule has 0 saturated heterocycles. The zero-order valence-corrected chi connectivity index (χ0v) is 11.7. The molecular weight excluding hydrogens is 242 g/mol. The third-order valence-corrected chi connectivity index (χ3v) is 3.17. The minimum absolute atomic E-state index is 0.00332. The van der Waals surface area contributed by atoms with Crippen molar-refractivity contribution in [3.05, 3.63) is 0 Å². The number of primary sulfonamides is 1. The highest BCUT2D eigenvalue weighted by atomic mass is 32.2. The fourth-order valence-corrected chi connectivity index (χ4v) is 2.49. The Hall–Kier alpha value is -0.170. The Bertz CT molecular complexity index is 267. The summed E-state index contributed by atoms with van der Waals surface area (Å²) in [6.07, 6.45) is 2.73. The average molecular weight is 267 g/mol. The minimum atomic E-state index is -3.41. The van der Waals surface area contributed by atoms with E-state index in [0.717, 1.165) is 25.9 Å². The molecule has 0 aromatic carbocycles. The topological polar surface area (TPSA) is 78.6 Å². The molecule has 2 N–H and O–H groups in total. The molecule has 0 spiro atoms. The number of hydrogen-bond donors (Lipinski definition) is 1. The zero-order chi connectivity index (χ0) is 13.1. The highest BCUT2D eigenvalue weighted by Crippen LogP contribution is 2.08. The summed E-state index contributed by atoms with van der Waals surface area (Å²) in [5, 5.41) is 5.03. The molecule has 17 heavy (non-hydrogen) atoms. The van der Waals surface area contributed by atoms with Crippen LogP contribution in [0.15, 0.2) is 0 Å². The Morgan fingerprint density at radius 1 is 1.06 bits per heavy atom. The maximum absolute atomic E-state index is 11.0. The van der Waals surface area contributed by atoms with Crippen molar-refractivity contribution in [1.29, 1.82) is 0 Å². The first-order valence-electron chi connectivity index (χ1n) is 6.15. The standard InChI is InChI=1S/C11H25NO4S/c1-3-5-11(10-17(12,13)14)9-16-8-7-15-6-4-2/h11H,3-10H2,1-2H3,(H2,12,13,14). The molecule has 1 unspecified atom stereocenters. The molecule has 0 saturated carbocycles. The van der Waals surface area contributed by atoms with Crippen LogP contribution in [0.2, 0.25) is 0 Å². The first kappa shape index (κ1) is 16.8. The van der Waals surface area contributed by atoms with Gasteiger partial charge in [0, 0.05) is 6.61 Å². The van der Waals surface area contributed by atoms with Gasteiger partial charge in [0.05, 0.1) is 25.6 Å². The molecule has 5 nitrogen and oxygen atoms in total. The average Bonchev–Trinajstić information content (AvgIpc) is 2.21. The van der Waals surface area contributed by atoms with E-state index in [0.29, 0.717) is 19.8 Å². The first-order chi connectivity index (χ1) is 7.99. The number of sulfonamides is 1. The van der Waals surface area contributed by atoms with Crippen molar-refractivity contribution in [1.82, 2.24) is 0 Å². The predicted octanol–water partition coefficient (Wildman–Crippen LogP) is 1.13. The van der Waals surface area contributed by atoms with Gasteiger partial charge in [-0.1, -0.05) is 20.3 Å². The number of rotatable bonds is 11. The van der Waals surface area contributed by atoms with Gasteiger partial charge in [0.2, 0.25) is 10.0 Å². The van der Waals surface area contributed by atoms with E-state index in [1.54, 1.807) is 0 Å². The molecule has 0 aliphatic carbocycles. The van der Waals surface area contributed by atoms with Gasteiger partial charge in [-0.25, -0.2) is 13.6 Å². The molecule has 0 aliphatic rings. The summed E-state index contributed by atoms with van der Waals surface area (Å²) in [6, 6.07) is 0. The summed E-state index contributed by atoms with van der Waals surface area (Å²) in [5.41, 5.74) is 0. The lowest BCUT2D eigenvalue weighted by Gasteiger charge is -2.15. The summed E-state index contributed by atoms with van der Waals surface area (Å²) in [4.78, 5) is 0. The third kappa shape index (κ3) is 12.1. The highest BCUT2D eigenvalue weighted by Gasteiger charge is 2.15. The van der Waals surface area contributed by atoms with Crippen LogP contribution in [-0.2, 0) is 19.5 Å². The molecule has 0 aromatic rings. The van der Waals surface area contributed by atoms with Crippen LogP contribution in [0.4, 0.5) is 0 Å². The predicted molar refractivity (Wildman–Crippen MR) is 68.3 cm³/mol. The van der Waals surface area contributed by atoms with Crippen LogP contribution in [0, 0.1) is 5.92 Å². The Balaban J connectivity index is 3.70. The second-order valence-corrected chi connectivity index (χ2v) is 5.83.